The van der Waals surface area contributed by atoms with Gasteiger partial charge in [0.05, 0.1) is 26.4 Å². The Morgan fingerprint density at radius 2 is 0.694 bits per heavy atom. The van der Waals surface area contributed by atoms with Crippen LogP contribution in [0.3, 0.4) is 0 Å². The second-order valence-electron chi connectivity index (χ2n) is 8.29. The first-order valence-corrected chi connectivity index (χ1v) is 12.9. The fourth-order valence-electron chi connectivity index (χ4n) is 2.97. The molecule has 0 aliphatic carbocycles. The van der Waals surface area contributed by atoms with E-state index >= 15 is 0 Å². The van der Waals surface area contributed by atoms with Crippen molar-refractivity contribution in [1.82, 2.24) is 0 Å². The van der Waals surface area contributed by atoms with E-state index in [1.165, 1.54) is 24.3 Å². The molecule has 0 aliphatic rings. The van der Waals surface area contributed by atoms with Gasteiger partial charge >= 0.3 is 23.9 Å². The lowest BCUT2D eigenvalue weighted by Gasteiger charge is -2.10. The molecule has 0 N–H and O–H groups in total. The fourth-order valence-corrected chi connectivity index (χ4v) is 2.97. The monoisotopic (exact) mass is 504 g/mol. The fraction of sp³-hybridized carbons (Fsp3) is 0.571. The van der Waals surface area contributed by atoms with E-state index in [0.29, 0.717) is 25.7 Å². The molecule has 0 fully saturated rings. The Labute approximate surface area is 213 Å². The van der Waals surface area contributed by atoms with Gasteiger partial charge in [0.1, 0.15) is 0 Å². The van der Waals surface area contributed by atoms with E-state index in [9.17, 15) is 19.2 Å². The van der Waals surface area contributed by atoms with Crippen molar-refractivity contribution in [1.29, 1.82) is 0 Å². The molecule has 0 atom stereocenters. The van der Waals surface area contributed by atoms with Crippen molar-refractivity contribution in [3.63, 3.8) is 0 Å². The van der Waals surface area contributed by atoms with Crippen LogP contribution in [-0.2, 0) is 38.1 Å². The quantitative estimate of drug-likeness (QED) is 0.146. The highest BCUT2D eigenvalue weighted by Gasteiger charge is 2.24. The number of ether oxygens (including phenoxy) is 4. The molecule has 1 aromatic carbocycles. The summed E-state index contributed by atoms with van der Waals surface area (Å²) in [6.07, 6.45) is 6.00. The summed E-state index contributed by atoms with van der Waals surface area (Å²) in [6.45, 7) is 8.59. The highest BCUT2D eigenvalue weighted by molar-refractivity contribution is 6.37. The number of esters is 4. The SMILES string of the molecule is CCCCOC(=O)C(C(=O)OCCCC)=c1ccc(=C(C(=O)OCCCC)C(=O)OCCCC)cc1. The van der Waals surface area contributed by atoms with Crippen LogP contribution < -0.4 is 10.4 Å². The second kappa shape index (κ2) is 18.2. The Hall–Kier alpha value is -3.16. The van der Waals surface area contributed by atoms with Gasteiger partial charge in [-0.05, 0) is 36.1 Å². The van der Waals surface area contributed by atoms with Crippen molar-refractivity contribution in [2.24, 2.45) is 0 Å². The third-order valence-corrected chi connectivity index (χ3v) is 5.20. The molecule has 0 saturated carbocycles. The summed E-state index contributed by atoms with van der Waals surface area (Å²) in [7, 11) is 0. The van der Waals surface area contributed by atoms with Crippen LogP contribution in [0.15, 0.2) is 24.3 Å². The molecular formula is C28H40O8. The second-order valence-corrected chi connectivity index (χ2v) is 8.29. The predicted octanol–water partition coefficient (Wildman–Crippen LogP) is 3.36. The Bertz CT molecular complexity index is 829. The summed E-state index contributed by atoms with van der Waals surface area (Å²) in [4.78, 5) is 50.8. The van der Waals surface area contributed by atoms with Gasteiger partial charge < -0.3 is 18.9 Å². The molecule has 0 aliphatic heterocycles. The maximum Gasteiger partial charge on any atom is 0.346 e. The van der Waals surface area contributed by atoms with E-state index in [1.54, 1.807) is 0 Å². The zero-order valence-electron chi connectivity index (χ0n) is 22.1. The van der Waals surface area contributed by atoms with Crippen molar-refractivity contribution in [3.8, 4) is 0 Å². The lowest BCUT2D eigenvalue weighted by molar-refractivity contribution is -0.145. The highest BCUT2D eigenvalue weighted by Crippen LogP contribution is 2.06. The molecule has 36 heavy (non-hydrogen) atoms. The number of carbonyl (C=O) groups is 4. The van der Waals surface area contributed by atoms with Gasteiger partial charge in [-0.1, -0.05) is 77.6 Å². The summed E-state index contributed by atoms with van der Waals surface area (Å²) < 4.78 is 21.0. The Morgan fingerprint density at radius 1 is 0.472 bits per heavy atom. The normalized spacial score (nSPS) is 10.3. The standard InChI is InChI=1S/C28H40O8/c1-5-9-17-33-25(29)23(26(30)34-18-10-6-2)21-13-15-22(16-14-21)24(27(31)35-19-11-7-3)28(32)36-20-12-8-4/h13-16H,5-12,17-20H2,1-4H3. The van der Waals surface area contributed by atoms with Gasteiger partial charge in [0.2, 0.25) is 0 Å². The number of benzene rings is 1. The zero-order chi connectivity index (χ0) is 26.8. The number of carbonyl (C=O) groups excluding carboxylic acids is 4. The maximum atomic E-state index is 12.7. The van der Waals surface area contributed by atoms with Gasteiger partial charge in [-0.15, -0.1) is 0 Å². The molecule has 200 valence electrons. The van der Waals surface area contributed by atoms with Gasteiger partial charge in [-0.3, -0.25) is 0 Å². The van der Waals surface area contributed by atoms with Crippen molar-refractivity contribution < 1.29 is 38.1 Å². The van der Waals surface area contributed by atoms with Crippen molar-refractivity contribution >= 4 is 35.0 Å². The summed E-state index contributed by atoms with van der Waals surface area (Å²) >= 11 is 0. The number of hydrogen-bond donors (Lipinski definition) is 0. The van der Waals surface area contributed by atoms with Gasteiger partial charge in [0, 0.05) is 0 Å². The third-order valence-electron chi connectivity index (χ3n) is 5.20. The lowest BCUT2D eigenvalue weighted by Crippen LogP contribution is -2.28. The molecule has 8 heteroatoms. The lowest BCUT2D eigenvalue weighted by atomic mass is 10.1. The first-order chi connectivity index (χ1) is 17.4. The molecular weight excluding hydrogens is 464 g/mol. The number of unbranched alkanes of at least 4 members (excludes halogenated alkanes) is 4. The average molecular weight is 505 g/mol. The summed E-state index contributed by atoms with van der Waals surface area (Å²) in [5.41, 5.74) is -0.460. The van der Waals surface area contributed by atoms with Crippen LogP contribution >= 0.6 is 0 Å². The van der Waals surface area contributed by atoms with Gasteiger partial charge in [0.15, 0.2) is 11.1 Å². The van der Waals surface area contributed by atoms with E-state index in [2.05, 4.69) is 0 Å². The van der Waals surface area contributed by atoms with E-state index in [0.717, 1.165) is 25.7 Å². The van der Waals surface area contributed by atoms with Gasteiger partial charge in [-0.2, -0.15) is 0 Å². The molecule has 0 bridgehead atoms. The molecule has 0 spiro atoms. The maximum absolute atomic E-state index is 12.7. The van der Waals surface area contributed by atoms with Crippen molar-refractivity contribution in [2.75, 3.05) is 26.4 Å². The molecule has 0 radical (unpaired) electrons. The minimum atomic E-state index is -0.778. The largest absolute Gasteiger partial charge is 0.462 e. The molecule has 0 saturated heterocycles. The summed E-state index contributed by atoms with van der Waals surface area (Å²) in [5, 5.41) is 0.527. The zero-order valence-corrected chi connectivity index (χ0v) is 22.1. The summed E-state index contributed by atoms with van der Waals surface area (Å²) in [6, 6.07) is 5.91. The van der Waals surface area contributed by atoms with Crippen LogP contribution in [0, 0.1) is 0 Å². The predicted molar refractivity (Wildman–Crippen MR) is 136 cm³/mol. The van der Waals surface area contributed by atoms with Crippen LogP contribution in [-0.4, -0.2) is 50.3 Å². The van der Waals surface area contributed by atoms with Gasteiger partial charge in [-0.25, -0.2) is 19.2 Å². The van der Waals surface area contributed by atoms with Crippen LogP contribution in [0.4, 0.5) is 0 Å². The molecule has 1 aromatic rings. The first kappa shape index (κ1) is 30.9. The molecule has 0 aromatic heterocycles. The van der Waals surface area contributed by atoms with Crippen LogP contribution in [0.5, 0.6) is 0 Å². The average Bonchev–Trinajstić information content (AvgIpc) is 2.86. The topological polar surface area (TPSA) is 105 Å². The third kappa shape index (κ3) is 10.6. The minimum absolute atomic E-state index is 0.185. The Kier molecular flexibility index (Phi) is 15.6. The van der Waals surface area contributed by atoms with E-state index in [-0.39, 0.29) is 48.0 Å². The van der Waals surface area contributed by atoms with E-state index < -0.39 is 23.9 Å². The molecule has 8 nitrogen and oxygen atoms in total. The molecule has 0 heterocycles. The smallest absolute Gasteiger partial charge is 0.346 e. The molecule has 1 rings (SSSR count). The van der Waals surface area contributed by atoms with Crippen LogP contribution in [0.25, 0.3) is 11.1 Å². The molecule has 0 unspecified atom stereocenters. The van der Waals surface area contributed by atoms with Crippen molar-refractivity contribution in [3.05, 3.63) is 34.7 Å². The first-order valence-electron chi connectivity index (χ1n) is 12.9. The van der Waals surface area contributed by atoms with Crippen LogP contribution in [0.1, 0.15) is 79.1 Å². The summed E-state index contributed by atoms with van der Waals surface area (Å²) in [5.74, 6) is -3.11. The van der Waals surface area contributed by atoms with E-state index in [4.69, 9.17) is 18.9 Å². The number of hydrogen-bond acceptors (Lipinski definition) is 8. The van der Waals surface area contributed by atoms with Crippen molar-refractivity contribution in [2.45, 2.75) is 79.1 Å². The number of rotatable bonds is 16. The Morgan fingerprint density at radius 3 is 0.889 bits per heavy atom. The van der Waals surface area contributed by atoms with Crippen LogP contribution in [0.2, 0.25) is 0 Å². The highest BCUT2D eigenvalue weighted by atomic mass is 16.6. The van der Waals surface area contributed by atoms with E-state index in [1.807, 2.05) is 27.7 Å². The molecule has 0 amide bonds. The van der Waals surface area contributed by atoms with Gasteiger partial charge in [0.25, 0.3) is 0 Å². The minimum Gasteiger partial charge on any atom is -0.462 e. The Balaban J connectivity index is 3.47.